The van der Waals surface area contributed by atoms with Gasteiger partial charge in [-0.3, -0.25) is 4.79 Å². The van der Waals surface area contributed by atoms with E-state index in [1.165, 1.54) is 22.6 Å². The molecule has 0 aromatic heterocycles. The zero-order valence-electron chi connectivity index (χ0n) is 12.3. The summed E-state index contributed by atoms with van der Waals surface area (Å²) in [5.74, 6) is -0.894. The molecule has 2 aromatic carbocycles. The molecule has 0 aliphatic rings. The van der Waals surface area contributed by atoms with Crippen LogP contribution in [0.3, 0.4) is 0 Å². The van der Waals surface area contributed by atoms with E-state index in [1.54, 1.807) is 12.1 Å². The lowest BCUT2D eigenvalue weighted by Crippen LogP contribution is -3.04. The molecule has 0 radical (unpaired) electrons. The van der Waals surface area contributed by atoms with Crippen LogP contribution in [0.2, 0.25) is 0 Å². The molecule has 0 heterocycles. The number of quaternary nitrogens is 1. The van der Waals surface area contributed by atoms with Crippen molar-refractivity contribution in [2.24, 2.45) is 0 Å². The topological polar surface area (TPSA) is 33.5 Å². The van der Waals surface area contributed by atoms with Crippen molar-refractivity contribution in [3.63, 3.8) is 0 Å². The molecule has 21 heavy (non-hydrogen) atoms. The maximum atomic E-state index is 13.5. The Hall–Kier alpha value is -2.20. The average Bonchev–Trinajstić information content (AvgIpc) is 2.46. The van der Waals surface area contributed by atoms with Crippen LogP contribution in [0.5, 0.6) is 0 Å². The number of amides is 1. The van der Waals surface area contributed by atoms with Gasteiger partial charge in [-0.1, -0.05) is 36.4 Å². The number of rotatable bonds is 5. The zero-order valence-corrected chi connectivity index (χ0v) is 12.3. The number of halogens is 1. The minimum atomic E-state index is -0.501. The van der Waals surface area contributed by atoms with Crippen molar-refractivity contribution in [2.45, 2.75) is 13.1 Å². The van der Waals surface area contributed by atoms with Gasteiger partial charge in [-0.2, -0.15) is 0 Å². The van der Waals surface area contributed by atoms with Crippen molar-refractivity contribution in [1.29, 1.82) is 0 Å². The number of hydrogen-bond acceptors (Lipinski definition) is 1. The molecule has 110 valence electrons. The summed E-state index contributed by atoms with van der Waals surface area (Å²) in [5.41, 5.74) is 2.32. The van der Waals surface area contributed by atoms with E-state index in [9.17, 15) is 9.18 Å². The Kier molecular flexibility index (Phi) is 5.06. The van der Waals surface area contributed by atoms with Crippen molar-refractivity contribution in [2.75, 3.05) is 14.1 Å². The van der Waals surface area contributed by atoms with Crippen molar-refractivity contribution < 1.29 is 14.1 Å². The Morgan fingerprint density at radius 2 is 1.67 bits per heavy atom. The summed E-state index contributed by atoms with van der Waals surface area (Å²) in [4.78, 5) is 13.3. The van der Waals surface area contributed by atoms with E-state index in [-0.39, 0.29) is 5.56 Å². The van der Waals surface area contributed by atoms with E-state index in [0.717, 1.165) is 12.1 Å². The van der Waals surface area contributed by atoms with Gasteiger partial charge in [0, 0.05) is 12.1 Å². The van der Waals surface area contributed by atoms with E-state index >= 15 is 0 Å². The van der Waals surface area contributed by atoms with Crippen LogP contribution in [-0.4, -0.2) is 20.0 Å². The summed E-state index contributed by atoms with van der Waals surface area (Å²) in [5, 5.41) is 2.73. The molecule has 0 saturated heterocycles. The van der Waals surface area contributed by atoms with Crippen LogP contribution < -0.4 is 10.2 Å². The fraction of sp³-hybridized carbons (Fsp3) is 0.235. The molecule has 2 N–H and O–H groups in total. The minimum absolute atomic E-state index is 0.0744. The van der Waals surface area contributed by atoms with Crippen LogP contribution in [0.4, 0.5) is 4.39 Å². The van der Waals surface area contributed by atoms with Crippen molar-refractivity contribution in [1.82, 2.24) is 5.32 Å². The third-order valence-corrected chi connectivity index (χ3v) is 3.15. The van der Waals surface area contributed by atoms with Gasteiger partial charge in [-0.05, 0) is 17.7 Å². The summed E-state index contributed by atoms with van der Waals surface area (Å²) >= 11 is 0. The van der Waals surface area contributed by atoms with Gasteiger partial charge >= 0.3 is 0 Å². The van der Waals surface area contributed by atoms with E-state index in [1.807, 2.05) is 12.1 Å². The molecular weight excluding hydrogens is 267 g/mol. The number of hydrogen-bond donors (Lipinski definition) is 2. The van der Waals surface area contributed by atoms with E-state index in [4.69, 9.17) is 0 Å². The summed E-state index contributed by atoms with van der Waals surface area (Å²) in [6.45, 7) is 1.35. The van der Waals surface area contributed by atoms with Crippen LogP contribution in [0.25, 0.3) is 0 Å². The van der Waals surface area contributed by atoms with Gasteiger partial charge in [-0.15, -0.1) is 0 Å². The predicted molar refractivity (Wildman–Crippen MR) is 80.5 cm³/mol. The number of carbonyl (C=O) groups is 1. The standard InChI is InChI=1S/C17H19FN2O/c1-20(2)12-14-9-7-13(8-10-14)11-19-17(21)15-5-3-4-6-16(15)18/h3-10H,11-12H2,1-2H3,(H,19,21)/p+1. The summed E-state index contributed by atoms with van der Waals surface area (Å²) in [6, 6.07) is 14.1. The Morgan fingerprint density at radius 1 is 1.05 bits per heavy atom. The Bertz CT molecular complexity index is 608. The van der Waals surface area contributed by atoms with Gasteiger partial charge in [0.1, 0.15) is 12.4 Å². The quantitative estimate of drug-likeness (QED) is 0.856. The molecule has 4 heteroatoms. The number of nitrogens with one attached hydrogen (secondary N) is 2. The third kappa shape index (κ3) is 4.39. The molecule has 0 saturated carbocycles. The molecule has 0 bridgehead atoms. The molecule has 3 nitrogen and oxygen atoms in total. The first-order chi connectivity index (χ1) is 10.1. The molecule has 0 aliphatic heterocycles. The monoisotopic (exact) mass is 287 g/mol. The highest BCUT2D eigenvalue weighted by atomic mass is 19.1. The highest BCUT2D eigenvalue weighted by molar-refractivity contribution is 5.94. The maximum absolute atomic E-state index is 13.5. The smallest absolute Gasteiger partial charge is 0.254 e. The highest BCUT2D eigenvalue weighted by Gasteiger charge is 2.10. The van der Waals surface area contributed by atoms with Crippen molar-refractivity contribution >= 4 is 5.91 Å². The maximum Gasteiger partial charge on any atom is 0.254 e. The SMILES string of the molecule is C[NH+](C)Cc1ccc(CNC(=O)c2ccccc2F)cc1. The van der Waals surface area contributed by atoms with Crippen LogP contribution in [0.15, 0.2) is 48.5 Å². The van der Waals surface area contributed by atoms with Gasteiger partial charge < -0.3 is 10.2 Å². The first-order valence-corrected chi connectivity index (χ1v) is 6.96. The number of benzene rings is 2. The second kappa shape index (κ2) is 6.99. The molecule has 0 fully saturated rings. The normalized spacial score (nSPS) is 10.7. The van der Waals surface area contributed by atoms with Crippen LogP contribution in [-0.2, 0) is 13.1 Å². The second-order valence-corrected chi connectivity index (χ2v) is 5.36. The molecule has 0 aliphatic carbocycles. The van der Waals surface area contributed by atoms with Gasteiger partial charge in [0.05, 0.1) is 19.7 Å². The lowest BCUT2D eigenvalue weighted by Gasteiger charge is -2.09. The van der Waals surface area contributed by atoms with E-state index in [2.05, 4.69) is 31.5 Å². The fourth-order valence-corrected chi connectivity index (χ4v) is 2.11. The summed E-state index contributed by atoms with van der Waals surface area (Å²) in [6.07, 6.45) is 0. The third-order valence-electron chi connectivity index (χ3n) is 3.15. The lowest BCUT2D eigenvalue weighted by atomic mass is 10.1. The predicted octanol–water partition coefficient (Wildman–Crippen LogP) is 1.40. The molecule has 1 amide bonds. The molecule has 2 rings (SSSR count). The largest absolute Gasteiger partial charge is 0.348 e. The highest BCUT2D eigenvalue weighted by Crippen LogP contribution is 2.07. The van der Waals surface area contributed by atoms with Gasteiger partial charge in [0.2, 0.25) is 0 Å². The molecule has 2 aromatic rings. The summed E-state index contributed by atoms with van der Waals surface area (Å²) in [7, 11) is 4.20. The lowest BCUT2D eigenvalue weighted by molar-refractivity contribution is -0.872. The van der Waals surface area contributed by atoms with Crippen LogP contribution in [0, 0.1) is 5.82 Å². The van der Waals surface area contributed by atoms with Crippen molar-refractivity contribution in [3.05, 3.63) is 71.0 Å². The van der Waals surface area contributed by atoms with Gasteiger partial charge in [0.15, 0.2) is 0 Å². The van der Waals surface area contributed by atoms with E-state index < -0.39 is 11.7 Å². The molecule has 0 spiro atoms. The van der Waals surface area contributed by atoms with E-state index in [0.29, 0.717) is 6.54 Å². The molecule has 0 atom stereocenters. The first kappa shape index (κ1) is 15.2. The van der Waals surface area contributed by atoms with Crippen LogP contribution in [0.1, 0.15) is 21.5 Å². The number of carbonyl (C=O) groups excluding carboxylic acids is 1. The van der Waals surface area contributed by atoms with Gasteiger partial charge in [0.25, 0.3) is 5.91 Å². The van der Waals surface area contributed by atoms with Gasteiger partial charge in [-0.25, -0.2) is 4.39 Å². The fourth-order valence-electron chi connectivity index (χ4n) is 2.11. The second-order valence-electron chi connectivity index (χ2n) is 5.36. The molecule has 0 unspecified atom stereocenters. The Balaban J connectivity index is 1.94. The Morgan fingerprint density at radius 3 is 2.29 bits per heavy atom. The minimum Gasteiger partial charge on any atom is -0.348 e. The van der Waals surface area contributed by atoms with Crippen molar-refractivity contribution in [3.8, 4) is 0 Å². The first-order valence-electron chi connectivity index (χ1n) is 6.96. The zero-order chi connectivity index (χ0) is 15.2. The summed E-state index contributed by atoms with van der Waals surface area (Å²) < 4.78 is 13.5. The van der Waals surface area contributed by atoms with Crippen LogP contribution >= 0.6 is 0 Å². The Labute approximate surface area is 124 Å². The molecular formula is C17H20FN2O+. The average molecular weight is 287 g/mol.